The Kier molecular flexibility index (Phi) is 4.90. The summed E-state index contributed by atoms with van der Waals surface area (Å²) in [4.78, 5) is 16.6. The number of nitrogens with one attached hydrogen (secondary N) is 2. The minimum absolute atomic E-state index is 0.227. The Labute approximate surface area is 166 Å². The van der Waals surface area contributed by atoms with Crippen LogP contribution in [0, 0.1) is 6.92 Å². The first-order valence-electron chi connectivity index (χ1n) is 8.64. The third-order valence-corrected chi connectivity index (χ3v) is 4.44. The van der Waals surface area contributed by atoms with E-state index in [1.54, 1.807) is 17.1 Å². The van der Waals surface area contributed by atoms with Gasteiger partial charge in [-0.15, -0.1) is 5.10 Å². The van der Waals surface area contributed by atoms with E-state index in [1.807, 2.05) is 55.5 Å². The predicted octanol–water partition coefficient (Wildman–Crippen LogP) is 3.93. The van der Waals surface area contributed by atoms with Gasteiger partial charge in [0.25, 0.3) is 5.91 Å². The monoisotopic (exact) mass is 392 g/mol. The number of carbonyl (C=O) groups excluding carboxylic acids is 1. The van der Waals surface area contributed by atoms with Crippen LogP contribution in [0.2, 0.25) is 5.02 Å². The van der Waals surface area contributed by atoms with Crippen LogP contribution in [0.4, 0.5) is 5.95 Å². The van der Waals surface area contributed by atoms with Crippen LogP contribution in [0.5, 0.6) is 0 Å². The van der Waals surface area contributed by atoms with E-state index in [1.165, 1.54) is 0 Å². The normalized spacial score (nSPS) is 10.8. The SMILES string of the molecule is Cc1ccc(-c2cc(C(=O)Nc3ncn(Cc4ccc(Cl)cc4)n3)[nH]n2)cc1. The number of hydrogen-bond donors (Lipinski definition) is 2. The Hall–Kier alpha value is -3.45. The van der Waals surface area contributed by atoms with Crippen molar-refractivity contribution in [2.24, 2.45) is 0 Å². The lowest BCUT2D eigenvalue weighted by molar-refractivity contribution is 0.102. The summed E-state index contributed by atoms with van der Waals surface area (Å²) in [5.41, 5.74) is 4.17. The highest BCUT2D eigenvalue weighted by atomic mass is 35.5. The second-order valence-electron chi connectivity index (χ2n) is 6.38. The number of hydrogen-bond acceptors (Lipinski definition) is 4. The van der Waals surface area contributed by atoms with Crippen molar-refractivity contribution in [2.75, 3.05) is 5.32 Å². The van der Waals surface area contributed by atoms with E-state index in [4.69, 9.17) is 11.6 Å². The van der Waals surface area contributed by atoms with E-state index in [2.05, 4.69) is 25.6 Å². The lowest BCUT2D eigenvalue weighted by atomic mass is 10.1. The van der Waals surface area contributed by atoms with Crippen molar-refractivity contribution in [3.8, 4) is 11.3 Å². The third-order valence-electron chi connectivity index (χ3n) is 4.19. The summed E-state index contributed by atoms with van der Waals surface area (Å²) in [5.74, 6) is -0.124. The van der Waals surface area contributed by atoms with Crippen LogP contribution < -0.4 is 5.32 Å². The topological polar surface area (TPSA) is 88.5 Å². The largest absolute Gasteiger partial charge is 0.288 e. The minimum atomic E-state index is -0.352. The van der Waals surface area contributed by atoms with Gasteiger partial charge < -0.3 is 0 Å². The van der Waals surface area contributed by atoms with Crippen LogP contribution in [0.3, 0.4) is 0 Å². The van der Waals surface area contributed by atoms with Gasteiger partial charge >= 0.3 is 0 Å². The highest BCUT2D eigenvalue weighted by Gasteiger charge is 2.13. The first-order chi connectivity index (χ1) is 13.6. The number of rotatable bonds is 5. The maximum absolute atomic E-state index is 12.4. The molecule has 1 amide bonds. The molecule has 2 N–H and O–H groups in total. The van der Waals surface area contributed by atoms with Crippen LogP contribution in [0.25, 0.3) is 11.3 Å². The molecule has 0 saturated carbocycles. The number of halogens is 1. The molecule has 0 bridgehead atoms. The first-order valence-corrected chi connectivity index (χ1v) is 9.02. The molecule has 0 aliphatic carbocycles. The molecule has 0 radical (unpaired) electrons. The summed E-state index contributed by atoms with van der Waals surface area (Å²) < 4.78 is 1.64. The quantitative estimate of drug-likeness (QED) is 0.538. The molecule has 4 aromatic rings. The van der Waals surface area contributed by atoms with Gasteiger partial charge in [0, 0.05) is 10.6 Å². The van der Waals surface area contributed by atoms with E-state index in [9.17, 15) is 4.79 Å². The fourth-order valence-electron chi connectivity index (χ4n) is 2.68. The van der Waals surface area contributed by atoms with Gasteiger partial charge in [-0.3, -0.25) is 15.2 Å². The summed E-state index contributed by atoms with van der Waals surface area (Å²) >= 11 is 5.89. The van der Waals surface area contributed by atoms with Crippen molar-refractivity contribution < 1.29 is 4.79 Å². The Morgan fingerprint density at radius 2 is 1.89 bits per heavy atom. The molecule has 0 aliphatic heterocycles. The molecule has 0 atom stereocenters. The number of H-pyrrole nitrogens is 1. The lowest BCUT2D eigenvalue weighted by Gasteiger charge is -2.01. The van der Waals surface area contributed by atoms with Gasteiger partial charge in [0.05, 0.1) is 12.2 Å². The molecule has 0 aliphatic rings. The number of benzene rings is 2. The summed E-state index contributed by atoms with van der Waals surface area (Å²) in [7, 11) is 0. The molecular weight excluding hydrogens is 376 g/mol. The molecular formula is C20H17ClN6O. The summed E-state index contributed by atoms with van der Waals surface area (Å²) in [6.07, 6.45) is 1.56. The molecule has 0 spiro atoms. The van der Waals surface area contributed by atoms with Gasteiger partial charge in [0.1, 0.15) is 12.0 Å². The zero-order valence-corrected chi connectivity index (χ0v) is 15.8. The fraction of sp³-hybridized carbons (Fsp3) is 0.100. The first kappa shape index (κ1) is 17.9. The number of anilines is 1. The van der Waals surface area contributed by atoms with Crippen LogP contribution >= 0.6 is 11.6 Å². The number of carbonyl (C=O) groups is 1. The molecule has 0 fully saturated rings. The molecule has 7 nitrogen and oxygen atoms in total. The summed E-state index contributed by atoms with van der Waals surface area (Å²) in [6, 6.07) is 17.1. The highest BCUT2D eigenvalue weighted by molar-refractivity contribution is 6.30. The number of aryl methyl sites for hydroxylation is 1. The van der Waals surface area contributed by atoms with Crippen molar-refractivity contribution in [3.63, 3.8) is 0 Å². The Morgan fingerprint density at radius 3 is 2.64 bits per heavy atom. The van der Waals surface area contributed by atoms with Crippen molar-refractivity contribution in [3.05, 3.63) is 82.8 Å². The van der Waals surface area contributed by atoms with E-state index < -0.39 is 0 Å². The number of nitrogens with zero attached hydrogens (tertiary/aromatic N) is 4. The van der Waals surface area contributed by atoms with Crippen LogP contribution in [-0.2, 0) is 6.54 Å². The molecule has 8 heteroatoms. The van der Waals surface area contributed by atoms with Gasteiger partial charge in [-0.1, -0.05) is 53.6 Å². The molecule has 2 aromatic heterocycles. The lowest BCUT2D eigenvalue weighted by Crippen LogP contribution is -2.14. The van der Waals surface area contributed by atoms with Gasteiger partial charge in [-0.2, -0.15) is 5.10 Å². The number of aromatic amines is 1. The fourth-order valence-corrected chi connectivity index (χ4v) is 2.81. The summed E-state index contributed by atoms with van der Waals surface area (Å²) in [6.45, 7) is 2.55. The Balaban J connectivity index is 1.42. The van der Waals surface area contributed by atoms with E-state index in [-0.39, 0.29) is 11.9 Å². The van der Waals surface area contributed by atoms with Gasteiger partial charge in [0.15, 0.2) is 0 Å². The highest BCUT2D eigenvalue weighted by Crippen LogP contribution is 2.18. The summed E-state index contributed by atoms with van der Waals surface area (Å²) in [5, 5.41) is 14.6. The van der Waals surface area contributed by atoms with Crippen molar-refractivity contribution in [1.29, 1.82) is 0 Å². The maximum atomic E-state index is 12.4. The van der Waals surface area contributed by atoms with Crippen LogP contribution in [0.15, 0.2) is 60.9 Å². The van der Waals surface area contributed by atoms with Crippen molar-refractivity contribution in [2.45, 2.75) is 13.5 Å². The molecule has 2 heterocycles. The zero-order valence-electron chi connectivity index (χ0n) is 15.1. The molecule has 0 saturated heterocycles. The maximum Gasteiger partial charge on any atom is 0.276 e. The number of amides is 1. The van der Waals surface area contributed by atoms with E-state index in [0.29, 0.717) is 23.0 Å². The second-order valence-corrected chi connectivity index (χ2v) is 6.82. The van der Waals surface area contributed by atoms with Gasteiger partial charge in [0.2, 0.25) is 5.95 Å². The van der Waals surface area contributed by atoms with Crippen LogP contribution in [-0.4, -0.2) is 30.9 Å². The molecule has 0 unspecified atom stereocenters. The van der Waals surface area contributed by atoms with E-state index >= 15 is 0 Å². The van der Waals surface area contributed by atoms with Crippen LogP contribution in [0.1, 0.15) is 21.6 Å². The second kappa shape index (κ2) is 7.66. The number of aromatic nitrogens is 5. The van der Waals surface area contributed by atoms with Gasteiger partial charge in [-0.25, -0.2) is 9.67 Å². The average molecular weight is 393 g/mol. The smallest absolute Gasteiger partial charge is 0.276 e. The Bertz CT molecular complexity index is 1100. The standard InChI is InChI=1S/C20H17ClN6O/c1-13-2-6-15(7-3-13)17-10-18(25-24-17)19(28)23-20-22-12-27(26-20)11-14-4-8-16(21)9-5-14/h2-10,12H,11H2,1H3,(H,24,25)(H,23,26,28). The van der Waals surface area contributed by atoms with E-state index in [0.717, 1.165) is 16.7 Å². The zero-order chi connectivity index (χ0) is 19.5. The van der Waals surface area contributed by atoms with Crippen molar-refractivity contribution >= 4 is 23.5 Å². The molecule has 2 aromatic carbocycles. The molecule has 4 rings (SSSR count). The Morgan fingerprint density at radius 1 is 1.14 bits per heavy atom. The predicted molar refractivity (Wildman–Crippen MR) is 107 cm³/mol. The van der Waals surface area contributed by atoms with Crippen molar-refractivity contribution in [1.82, 2.24) is 25.0 Å². The third kappa shape index (κ3) is 4.10. The molecule has 140 valence electrons. The average Bonchev–Trinajstić information content (AvgIpc) is 3.34. The van der Waals surface area contributed by atoms with Gasteiger partial charge in [-0.05, 0) is 30.7 Å². The molecule has 28 heavy (non-hydrogen) atoms. The minimum Gasteiger partial charge on any atom is -0.288 e.